The monoisotopic (exact) mass is 289 g/mol. The first-order valence-corrected chi connectivity index (χ1v) is 7.67. The van der Waals surface area contributed by atoms with Crippen LogP contribution in [0.4, 0.5) is 0 Å². The van der Waals surface area contributed by atoms with Crippen LogP contribution in [0.3, 0.4) is 0 Å². The fraction of sp³-hybridized carbons (Fsp3) is 0.529. The van der Waals surface area contributed by atoms with Gasteiger partial charge in [0.15, 0.2) is 0 Å². The highest BCUT2D eigenvalue weighted by atomic mass is 16.4. The Kier molecular flexibility index (Phi) is 4.99. The lowest BCUT2D eigenvalue weighted by Gasteiger charge is -2.29. The lowest BCUT2D eigenvalue weighted by Crippen LogP contribution is -2.47. The van der Waals surface area contributed by atoms with E-state index in [0.29, 0.717) is 6.42 Å². The van der Waals surface area contributed by atoms with Crippen LogP contribution in [0.2, 0.25) is 0 Å². The van der Waals surface area contributed by atoms with E-state index in [-0.39, 0.29) is 18.4 Å². The van der Waals surface area contributed by atoms with Crippen LogP contribution in [0.5, 0.6) is 0 Å². The molecule has 0 saturated heterocycles. The summed E-state index contributed by atoms with van der Waals surface area (Å²) >= 11 is 0. The van der Waals surface area contributed by atoms with E-state index in [4.69, 9.17) is 0 Å². The second kappa shape index (κ2) is 6.74. The normalized spacial score (nSPS) is 18.1. The van der Waals surface area contributed by atoms with E-state index >= 15 is 0 Å². The minimum atomic E-state index is -1.05. The van der Waals surface area contributed by atoms with Crippen LogP contribution in [-0.4, -0.2) is 23.5 Å². The summed E-state index contributed by atoms with van der Waals surface area (Å²) in [6.07, 6.45) is 4.47. The van der Waals surface area contributed by atoms with E-state index in [1.54, 1.807) is 0 Å². The topological polar surface area (TPSA) is 66.4 Å². The summed E-state index contributed by atoms with van der Waals surface area (Å²) < 4.78 is 0. The molecule has 4 nitrogen and oxygen atoms in total. The van der Waals surface area contributed by atoms with Gasteiger partial charge in [0.2, 0.25) is 5.91 Å². The van der Waals surface area contributed by atoms with Gasteiger partial charge in [0, 0.05) is 12.5 Å². The minimum Gasteiger partial charge on any atom is -0.481 e. The standard InChI is InChI=1S/C17H23NO3/c1-2-17(16(20)21,14-10-4-3-5-11-14)12-18-15(19)13-8-6-7-9-13/h3-5,10-11,13H,2,6-9,12H2,1H3,(H,18,19)(H,20,21). The fourth-order valence-electron chi connectivity index (χ4n) is 3.11. The van der Waals surface area contributed by atoms with Crippen LogP contribution in [0.25, 0.3) is 0 Å². The molecule has 0 radical (unpaired) electrons. The number of benzene rings is 1. The zero-order valence-corrected chi connectivity index (χ0v) is 12.5. The number of amides is 1. The molecule has 1 amide bonds. The van der Waals surface area contributed by atoms with Crippen molar-refractivity contribution in [2.24, 2.45) is 5.92 Å². The number of carboxylic acid groups (broad SMARTS) is 1. The number of carboxylic acids is 1. The van der Waals surface area contributed by atoms with E-state index in [9.17, 15) is 14.7 Å². The van der Waals surface area contributed by atoms with Crippen molar-refractivity contribution in [1.29, 1.82) is 0 Å². The SMILES string of the molecule is CCC(CNC(=O)C1CCCC1)(C(=O)O)c1ccccc1. The summed E-state index contributed by atoms with van der Waals surface area (Å²) in [5, 5.41) is 12.6. The van der Waals surface area contributed by atoms with Crippen molar-refractivity contribution in [2.45, 2.75) is 44.4 Å². The van der Waals surface area contributed by atoms with Crippen molar-refractivity contribution < 1.29 is 14.7 Å². The summed E-state index contributed by atoms with van der Waals surface area (Å²) in [6, 6.07) is 9.17. The summed E-state index contributed by atoms with van der Waals surface area (Å²) in [5.74, 6) is -0.824. The van der Waals surface area contributed by atoms with E-state index < -0.39 is 11.4 Å². The van der Waals surface area contributed by atoms with Crippen LogP contribution in [0.15, 0.2) is 30.3 Å². The summed E-state index contributed by atoms with van der Waals surface area (Å²) in [5.41, 5.74) is -0.304. The van der Waals surface area contributed by atoms with Crippen molar-refractivity contribution in [3.8, 4) is 0 Å². The van der Waals surface area contributed by atoms with E-state index in [0.717, 1.165) is 31.2 Å². The second-order valence-electron chi connectivity index (χ2n) is 5.81. The predicted octanol–water partition coefficient (Wildman–Crippen LogP) is 2.73. The van der Waals surface area contributed by atoms with Crippen LogP contribution in [0, 0.1) is 5.92 Å². The molecule has 2 N–H and O–H groups in total. The first-order chi connectivity index (χ1) is 10.1. The summed E-state index contributed by atoms with van der Waals surface area (Å²) in [4.78, 5) is 24.0. The zero-order valence-electron chi connectivity index (χ0n) is 12.5. The van der Waals surface area contributed by atoms with Gasteiger partial charge in [-0.2, -0.15) is 0 Å². The van der Waals surface area contributed by atoms with Crippen LogP contribution in [-0.2, 0) is 15.0 Å². The number of hydrogen-bond donors (Lipinski definition) is 2. The molecule has 0 aliphatic heterocycles. The number of aliphatic carboxylic acids is 1. The number of carbonyl (C=O) groups is 2. The van der Waals surface area contributed by atoms with Crippen molar-refractivity contribution in [3.63, 3.8) is 0 Å². The number of carbonyl (C=O) groups excluding carboxylic acids is 1. The van der Waals surface area contributed by atoms with Crippen molar-refractivity contribution in [3.05, 3.63) is 35.9 Å². The minimum absolute atomic E-state index is 0.00232. The van der Waals surface area contributed by atoms with E-state index in [1.165, 1.54) is 0 Å². The average molecular weight is 289 g/mol. The molecule has 1 saturated carbocycles. The molecule has 1 atom stereocenters. The van der Waals surface area contributed by atoms with Crippen LogP contribution < -0.4 is 5.32 Å². The smallest absolute Gasteiger partial charge is 0.315 e. The highest BCUT2D eigenvalue weighted by molar-refractivity contribution is 5.84. The van der Waals surface area contributed by atoms with Crippen LogP contribution in [0.1, 0.15) is 44.6 Å². The van der Waals surface area contributed by atoms with Crippen molar-refractivity contribution in [1.82, 2.24) is 5.32 Å². The quantitative estimate of drug-likeness (QED) is 0.846. The number of rotatable bonds is 6. The highest BCUT2D eigenvalue weighted by Crippen LogP contribution is 2.29. The Morgan fingerprint density at radius 3 is 2.38 bits per heavy atom. The second-order valence-corrected chi connectivity index (χ2v) is 5.81. The molecule has 0 aromatic heterocycles. The van der Waals surface area contributed by atoms with Gasteiger partial charge in [-0.05, 0) is 24.8 Å². The molecule has 1 aromatic rings. The first kappa shape index (κ1) is 15.5. The Morgan fingerprint density at radius 2 is 1.86 bits per heavy atom. The molecule has 1 aliphatic rings. The molecular weight excluding hydrogens is 266 g/mol. The van der Waals surface area contributed by atoms with Gasteiger partial charge >= 0.3 is 5.97 Å². The molecule has 0 bridgehead atoms. The molecule has 1 aliphatic carbocycles. The predicted molar refractivity (Wildman–Crippen MR) is 81.0 cm³/mol. The molecule has 0 heterocycles. The molecule has 0 spiro atoms. The summed E-state index contributed by atoms with van der Waals surface area (Å²) in [6.45, 7) is 2.00. The molecule has 1 aromatic carbocycles. The molecule has 21 heavy (non-hydrogen) atoms. The Bertz CT molecular complexity index is 494. The molecule has 114 valence electrons. The number of hydrogen-bond acceptors (Lipinski definition) is 2. The van der Waals surface area contributed by atoms with Crippen molar-refractivity contribution >= 4 is 11.9 Å². The zero-order chi connectivity index (χ0) is 15.3. The van der Waals surface area contributed by atoms with Gasteiger partial charge in [0.1, 0.15) is 5.41 Å². The lowest BCUT2D eigenvalue weighted by molar-refractivity contribution is -0.144. The Morgan fingerprint density at radius 1 is 1.24 bits per heavy atom. The van der Waals surface area contributed by atoms with Gasteiger partial charge in [-0.15, -0.1) is 0 Å². The molecule has 2 rings (SSSR count). The van der Waals surface area contributed by atoms with Gasteiger partial charge in [-0.25, -0.2) is 0 Å². The Hall–Kier alpha value is -1.84. The van der Waals surface area contributed by atoms with Gasteiger partial charge in [-0.1, -0.05) is 50.1 Å². The fourth-order valence-corrected chi connectivity index (χ4v) is 3.11. The first-order valence-electron chi connectivity index (χ1n) is 7.67. The molecular formula is C17H23NO3. The molecule has 1 unspecified atom stereocenters. The third-order valence-electron chi connectivity index (χ3n) is 4.63. The maximum absolute atomic E-state index is 12.2. The number of nitrogens with one attached hydrogen (secondary N) is 1. The maximum atomic E-state index is 12.2. The Labute approximate surface area is 125 Å². The van der Waals surface area contributed by atoms with E-state index in [2.05, 4.69) is 5.32 Å². The third-order valence-corrected chi connectivity index (χ3v) is 4.63. The van der Waals surface area contributed by atoms with Gasteiger partial charge in [0.05, 0.1) is 0 Å². The van der Waals surface area contributed by atoms with Gasteiger partial charge < -0.3 is 10.4 Å². The third kappa shape index (κ3) is 3.26. The lowest BCUT2D eigenvalue weighted by atomic mass is 9.78. The van der Waals surface area contributed by atoms with Crippen molar-refractivity contribution in [2.75, 3.05) is 6.54 Å². The van der Waals surface area contributed by atoms with E-state index in [1.807, 2.05) is 37.3 Å². The molecule has 1 fully saturated rings. The molecule has 4 heteroatoms. The Balaban J connectivity index is 2.13. The van der Waals surface area contributed by atoms with Crippen LogP contribution >= 0.6 is 0 Å². The van der Waals surface area contributed by atoms with Gasteiger partial charge in [0.25, 0.3) is 0 Å². The average Bonchev–Trinajstić information content (AvgIpc) is 3.03. The maximum Gasteiger partial charge on any atom is 0.315 e. The van der Waals surface area contributed by atoms with Gasteiger partial charge in [-0.3, -0.25) is 9.59 Å². The summed E-state index contributed by atoms with van der Waals surface area (Å²) in [7, 11) is 0. The highest BCUT2D eigenvalue weighted by Gasteiger charge is 2.39. The largest absolute Gasteiger partial charge is 0.481 e.